The maximum atomic E-state index is 10.2. The third-order valence-electron chi connectivity index (χ3n) is 3.43. The van der Waals surface area contributed by atoms with E-state index in [-0.39, 0.29) is 27.0 Å². The summed E-state index contributed by atoms with van der Waals surface area (Å²) in [7, 11) is -3.97. The first-order chi connectivity index (χ1) is 12.0. The minimum Gasteiger partial charge on any atom is -0.748 e. The summed E-state index contributed by atoms with van der Waals surface area (Å²) in [4.78, 5) is 0. The van der Waals surface area contributed by atoms with E-state index in [0.29, 0.717) is 6.42 Å². The minimum atomic E-state index is -3.97. The molecule has 0 bridgehead atoms. The molecule has 0 unspecified atom stereocenters. The highest BCUT2D eigenvalue weighted by Gasteiger charge is 2.12. The van der Waals surface area contributed by atoms with Crippen LogP contribution in [0.25, 0.3) is 0 Å². The first kappa shape index (κ1) is 22.1. The lowest BCUT2D eigenvalue weighted by Gasteiger charge is -2.05. The van der Waals surface area contributed by atoms with E-state index in [1.165, 1.54) is 20.0 Å². The lowest BCUT2D eigenvalue weighted by atomic mass is 10.1. The van der Waals surface area contributed by atoms with Crippen LogP contribution in [0.15, 0.2) is 60.7 Å². The summed E-state index contributed by atoms with van der Waals surface area (Å²) in [6, 6.07) is 21.4. The largest absolute Gasteiger partial charge is 0.748 e. The van der Waals surface area contributed by atoms with Gasteiger partial charge in [0, 0.05) is 5.75 Å². The fourth-order valence-corrected chi connectivity index (χ4v) is 4.97. The van der Waals surface area contributed by atoms with Crippen LogP contribution < -0.4 is 21.2 Å². The van der Waals surface area contributed by atoms with E-state index in [1.54, 1.807) is 0 Å². The highest BCUT2D eigenvalue weighted by molar-refractivity contribution is 7.85. The number of hydrogen-bond acceptors (Lipinski definition) is 3. The SMILES string of the molecule is CCCCCCCCS(=O)(=O)[O-].c1ccc([I+]c2ccccc2)cc1. The molecule has 0 fully saturated rings. The second kappa shape index (κ2) is 13.3. The van der Waals surface area contributed by atoms with Gasteiger partial charge in [-0.2, -0.15) is 0 Å². The average molecular weight is 474 g/mol. The number of hydrogen-bond donors (Lipinski definition) is 0. The minimum absolute atomic E-state index is 0.0287. The van der Waals surface area contributed by atoms with E-state index in [9.17, 15) is 13.0 Å². The molecule has 0 aliphatic rings. The van der Waals surface area contributed by atoms with E-state index in [1.807, 2.05) is 0 Å². The van der Waals surface area contributed by atoms with Gasteiger partial charge < -0.3 is 4.55 Å². The van der Waals surface area contributed by atoms with Gasteiger partial charge in [-0.25, -0.2) is 8.42 Å². The number of halogens is 1. The maximum absolute atomic E-state index is 10.2. The number of rotatable bonds is 9. The van der Waals surface area contributed by atoms with Crippen LogP contribution in [-0.4, -0.2) is 18.7 Å². The Labute approximate surface area is 162 Å². The second-order valence-electron chi connectivity index (χ2n) is 5.72. The summed E-state index contributed by atoms with van der Waals surface area (Å²) in [6.45, 7) is 2.13. The van der Waals surface area contributed by atoms with Gasteiger partial charge in [-0.1, -0.05) is 75.4 Å². The summed E-state index contributed by atoms with van der Waals surface area (Å²) in [5, 5.41) is 0. The molecule has 2 aromatic rings. The molecule has 0 saturated carbocycles. The maximum Gasteiger partial charge on any atom is 0.357 e. The molecule has 3 nitrogen and oxygen atoms in total. The van der Waals surface area contributed by atoms with Crippen molar-refractivity contribution in [1.29, 1.82) is 0 Å². The summed E-state index contributed by atoms with van der Waals surface area (Å²) in [5.41, 5.74) is 0. The highest BCUT2D eigenvalue weighted by Crippen LogP contribution is 2.05. The van der Waals surface area contributed by atoms with Gasteiger partial charge in [0.1, 0.15) is 0 Å². The lowest BCUT2D eigenvalue weighted by molar-refractivity contribution is -0.597. The van der Waals surface area contributed by atoms with E-state index in [2.05, 4.69) is 67.6 Å². The van der Waals surface area contributed by atoms with Crippen molar-refractivity contribution >= 4 is 10.1 Å². The van der Waals surface area contributed by atoms with Crippen molar-refractivity contribution in [2.75, 3.05) is 5.75 Å². The van der Waals surface area contributed by atoms with Crippen molar-refractivity contribution in [2.45, 2.75) is 45.4 Å². The Morgan fingerprint density at radius 1 is 0.760 bits per heavy atom. The van der Waals surface area contributed by atoms with Gasteiger partial charge >= 0.3 is 21.2 Å². The molecular formula is C20H27IO3S. The van der Waals surface area contributed by atoms with Crippen LogP contribution >= 0.6 is 0 Å². The summed E-state index contributed by atoms with van der Waals surface area (Å²) in [6.07, 6.45) is 5.96. The monoisotopic (exact) mass is 474 g/mol. The van der Waals surface area contributed by atoms with Crippen molar-refractivity contribution in [2.24, 2.45) is 0 Å². The van der Waals surface area contributed by atoms with Crippen molar-refractivity contribution in [3.8, 4) is 0 Å². The van der Waals surface area contributed by atoms with Gasteiger partial charge in [-0.15, -0.1) is 0 Å². The molecule has 138 valence electrons. The predicted octanol–water partition coefficient (Wildman–Crippen LogP) is 1.71. The summed E-state index contributed by atoms with van der Waals surface area (Å²) in [5.74, 6) is -0.195. The lowest BCUT2D eigenvalue weighted by Crippen LogP contribution is -3.61. The second-order valence-corrected chi connectivity index (χ2v) is 10.3. The molecule has 25 heavy (non-hydrogen) atoms. The Kier molecular flexibility index (Phi) is 11.8. The van der Waals surface area contributed by atoms with Crippen molar-refractivity contribution in [3.05, 3.63) is 67.8 Å². The van der Waals surface area contributed by atoms with Crippen molar-refractivity contribution in [1.82, 2.24) is 0 Å². The molecular weight excluding hydrogens is 447 g/mol. The molecule has 0 heterocycles. The van der Waals surface area contributed by atoms with Crippen LogP contribution in [0.4, 0.5) is 0 Å². The predicted molar refractivity (Wildman–Crippen MR) is 98.2 cm³/mol. The van der Waals surface area contributed by atoms with E-state index < -0.39 is 10.1 Å². The van der Waals surface area contributed by atoms with Crippen LogP contribution in [0.3, 0.4) is 0 Å². The molecule has 0 spiro atoms. The van der Waals surface area contributed by atoms with Gasteiger partial charge in [0.15, 0.2) is 7.14 Å². The Morgan fingerprint density at radius 2 is 1.20 bits per heavy atom. The van der Waals surface area contributed by atoms with E-state index in [4.69, 9.17) is 0 Å². The van der Waals surface area contributed by atoms with Crippen molar-refractivity contribution in [3.63, 3.8) is 0 Å². The summed E-state index contributed by atoms with van der Waals surface area (Å²) < 4.78 is 33.5. The molecule has 5 heteroatoms. The molecule has 0 saturated heterocycles. The van der Waals surface area contributed by atoms with Crippen LogP contribution in [0.2, 0.25) is 0 Å². The topological polar surface area (TPSA) is 57.2 Å². The molecule has 2 rings (SSSR count). The van der Waals surface area contributed by atoms with Crippen molar-refractivity contribution < 1.29 is 34.2 Å². The standard InChI is InChI=1S/C12H10I.C8H18O3S/c1-3-7-11(8-4-1)13-12-9-5-2-6-10-12;1-2-3-4-5-6-7-8-12(9,10)11/h1-10H;2-8H2,1H3,(H,9,10,11)/q+1;/p-1. The average Bonchev–Trinajstić information content (AvgIpc) is 2.59. The zero-order valence-corrected chi connectivity index (χ0v) is 17.7. The number of unbranched alkanes of at least 4 members (excludes halogenated alkanes) is 5. The Balaban J connectivity index is 0.000000252. The molecule has 0 atom stereocenters. The number of benzene rings is 2. The van der Waals surface area contributed by atoms with Gasteiger partial charge in [-0.05, 0) is 30.7 Å². The zero-order chi connectivity index (χ0) is 18.4. The Bertz CT molecular complexity index is 620. The quantitative estimate of drug-likeness (QED) is 0.316. The molecule has 0 aliphatic carbocycles. The van der Waals surface area contributed by atoms with Gasteiger partial charge in [-0.3, -0.25) is 0 Å². The molecule has 0 N–H and O–H groups in total. The molecule has 0 aromatic heterocycles. The molecule has 0 amide bonds. The van der Waals surface area contributed by atoms with Crippen LogP contribution in [-0.2, 0) is 10.1 Å². The smallest absolute Gasteiger partial charge is 0.357 e. The van der Waals surface area contributed by atoms with Gasteiger partial charge in [0.2, 0.25) is 0 Å². The highest BCUT2D eigenvalue weighted by atomic mass is 127. The Morgan fingerprint density at radius 3 is 1.64 bits per heavy atom. The normalized spacial score (nSPS) is 10.8. The molecule has 0 aliphatic heterocycles. The first-order valence-corrected chi connectivity index (χ1v) is 12.4. The third-order valence-corrected chi connectivity index (χ3v) is 6.90. The Hall–Kier alpha value is -0.920. The molecule has 0 radical (unpaired) electrons. The van der Waals surface area contributed by atoms with E-state index >= 15 is 0 Å². The van der Waals surface area contributed by atoms with Gasteiger partial charge in [0.05, 0.1) is 10.1 Å². The van der Waals surface area contributed by atoms with Crippen LogP contribution in [0.5, 0.6) is 0 Å². The fourth-order valence-electron chi connectivity index (χ4n) is 2.14. The van der Waals surface area contributed by atoms with Gasteiger partial charge in [0.25, 0.3) is 0 Å². The van der Waals surface area contributed by atoms with E-state index in [0.717, 1.165) is 19.3 Å². The fraction of sp³-hybridized carbons (Fsp3) is 0.400. The first-order valence-electron chi connectivity index (χ1n) is 8.70. The molecule has 2 aromatic carbocycles. The van der Waals surface area contributed by atoms with Crippen LogP contribution in [0, 0.1) is 7.14 Å². The summed E-state index contributed by atoms with van der Waals surface area (Å²) >= 11 is 0.0287. The van der Waals surface area contributed by atoms with Crippen LogP contribution in [0.1, 0.15) is 45.4 Å². The third kappa shape index (κ3) is 13.0. The zero-order valence-electron chi connectivity index (χ0n) is 14.7.